The Balaban J connectivity index is 2.88. The Labute approximate surface area is 132 Å². The van der Waals surface area contributed by atoms with Gasteiger partial charge in [0.1, 0.15) is 5.60 Å². The van der Waals surface area contributed by atoms with Crippen molar-refractivity contribution in [3.8, 4) is 0 Å². The van der Waals surface area contributed by atoms with Gasteiger partial charge >= 0.3 is 6.09 Å². The quantitative estimate of drug-likeness (QED) is 0.780. The zero-order valence-electron chi connectivity index (χ0n) is 13.4. The fraction of sp³-hybridized carbons (Fsp3) is 0.929. The topological polar surface area (TPSA) is 72.5 Å². The molecule has 0 bridgehead atoms. The highest BCUT2D eigenvalue weighted by atomic mass is 35.7. The molecule has 0 aromatic heterocycles. The van der Waals surface area contributed by atoms with Crippen LogP contribution in [0.25, 0.3) is 0 Å². The summed E-state index contributed by atoms with van der Waals surface area (Å²) in [5.74, 6) is -0.0172. The van der Waals surface area contributed by atoms with Crippen molar-refractivity contribution in [2.45, 2.75) is 65.5 Å². The van der Waals surface area contributed by atoms with Gasteiger partial charge in [0.25, 0.3) is 0 Å². The molecule has 1 saturated carbocycles. The lowest BCUT2D eigenvalue weighted by molar-refractivity contribution is 0.0282. The molecule has 0 heterocycles. The second kappa shape index (κ2) is 6.32. The SMILES string of the molecule is CC(C)C(NC(=O)OC(C)(C)C)C1(CS(=O)(=O)Cl)CCC1. The normalized spacial score (nSPS) is 19.8. The van der Waals surface area contributed by atoms with Crippen molar-refractivity contribution in [3.63, 3.8) is 0 Å². The zero-order chi connectivity index (χ0) is 16.5. The summed E-state index contributed by atoms with van der Waals surface area (Å²) in [5, 5.41) is 2.85. The molecule has 0 spiro atoms. The Morgan fingerprint density at radius 3 is 2.14 bits per heavy atom. The number of nitrogens with one attached hydrogen (secondary N) is 1. The molecule has 7 heteroatoms. The number of amides is 1. The van der Waals surface area contributed by atoms with Gasteiger partial charge in [0, 0.05) is 22.1 Å². The Bertz CT molecular complexity index is 478. The van der Waals surface area contributed by atoms with Crippen LogP contribution in [0.15, 0.2) is 0 Å². The van der Waals surface area contributed by atoms with E-state index in [1.165, 1.54) is 0 Å². The van der Waals surface area contributed by atoms with Crippen LogP contribution in [0.3, 0.4) is 0 Å². The van der Waals surface area contributed by atoms with E-state index in [4.69, 9.17) is 15.4 Å². The minimum atomic E-state index is -3.61. The minimum Gasteiger partial charge on any atom is -0.444 e. The number of ether oxygens (including phenoxy) is 1. The zero-order valence-corrected chi connectivity index (χ0v) is 15.0. The van der Waals surface area contributed by atoms with Crippen molar-refractivity contribution in [3.05, 3.63) is 0 Å². The predicted molar refractivity (Wildman–Crippen MR) is 83.9 cm³/mol. The molecule has 1 N–H and O–H groups in total. The molecule has 0 aromatic carbocycles. The second-order valence-corrected chi connectivity index (χ2v) is 10.0. The van der Waals surface area contributed by atoms with Gasteiger partial charge in [-0.3, -0.25) is 0 Å². The van der Waals surface area contributed by atoms with E-state index in [-0.39, 0.29) is 17.7 Å². The molecule has 0 saturated heterocycles. The summed E-state index contributed by atoms with van der Waals surface area (Å²) in [7, 11) is 1.84. The first kappa shape index (κ1) is 18.6. The molecule has 1 amide bonds. The fourth-order valence-electron chi connectivity index (χ4n) is 2.98. The smallest absolute Gasteiger partial charge is 0.407 e. The van der Waals surface area contributed by atoms with E-state index in [1.54, 1.807) is 20.8 Å². The molecule has 124 valence electrons. The number of carbonyl (C=O) groups is 1. The highest BCUT2D eigenvalue weighted by Crippen LogP contribution is 2.47. The lowest BCUT2D eigenvalue weighted by Gasteiger charge is -2.48. The number of rotatable bonds is 5. The molecule has 1 aliphatic carbocycles. The van der Waals surface area contributed by atoms with Crippen LogP contribution in [0, 0.1) is 11.3 Å². The van der Waals surface area contributed by atoms with E-state index in [2.05, 4.69) is 5.32 Å². The third-order valence-electron chi connectivity index (χ3n) is 3.81. The first-order valence-electron chi connectivity index (χ1n) is 7.26. The maximum atomic E-state index is 12.0. The van der Waals surface area contributed by atoms with E-state index in [1.807, 2.05) is 13.8 Å². The van der Waals surface area contributed by atoms with Crippen LogP contribution in [0.2, 0.25) is 0 Å². The molecular formula is C14H26ClNO4S. The maximum Gasteiger partial charge on any atom is 0.407 e. The van der Waals surface area contributed by atoms with Crippen molar-refractivity contribution in [1.82, 2.24) is 5.32 Å². The van der Waals surface area contributed by atoms with Crippen LogP contribution >= 0.6 is 10.7 Å². The maximum absolute atomic E-state index is 12.0. The standard InChI is InChI=1S/C14H26ClNO4S/c1-10(2)11(16-12(17)20-13(3,4)5)14(7-6-8-14)9-21(15,18)19/h10-11H,6-9H2,1-5H3,(H,16,17). The first-order chi connectivity index (χ1) is 9.35. The monoisotopic (exact) mass is 339 g/mol. The molecule has 0 aromatic rings. The van der Waals surface area contributed by atoms with Crippen LogP contribution in [0.1, 0.15) is 53.9 Å². The fourth-order valence-corrected chi connectivity index (χ4v) is 4.79. The summed E-state index contributed by atoms with van der Waals surface area (Å²) in [4.78, 5) is 12.0. The third-order valence-corrected chi connectivity index (χ3v) is 5.05. The van der Waals surface area contributed by atoms with Crippen LogP contribution in [-0.4, -0.2) is 31.9 Å². The highest BCUT2D eigenvalue weighted by molar-refractivity contribution is 8.13. The Morgan fingerprint density at radius 2 is 1.86 bits per heavy atom. The molecule has 1 atom stereocenters. The lowest BCUT2D eigenvalue weighted by Crippen LogP contribution is -2.57. The van der Waals surface area contributed by atoms with E-state index < -0.39 is 26.2 Å². The van der Waals surface area contributed by atoms with Crippen LogP contribution in [0.5, 0.6) is 0 Å². The lowest BCUT2D eigenvalue weighted by atomic mass is 9.62. The molecule has 0 radical (unpaired) electrons. The van der Waals surface area contributed by atoms with E-state index in [0.717, 1.165) is 19.3 Å². The molecular weight excluding hydrogens is 314 g/mol. The summed E-state index contributed by atoms with van der Waals surface area (Å²) < 4.78 is 28.3. The van der Waals surface area contributed by atoms with E-state index in [0.29, 0.717) is 0 Å². The Kier molecular flexibility index (Phi) is 5.59. The molecule has 1 fully saturated rings. The number of alkyl carbamates (subject to hydrolysis) is 1. The van der Waals surface area contributed by atoms with Crippen molar-refractivity contribution in [2.75, 3.05) is 5.75 Å². The van der Waals surface area contributed by atoms with Crippen LogP contribution in [0.4, 0.5) is 4.79 Å². The molecule has 1 unspecified atom stereocenters. The predicted octanol–water partition coefficient (Wildman–Crippen LogP) is 3.27. The van der Waals surface area contributed by atoms with Gasteiger partial charge in [0.15, 0.2) is 0 Å². The molecule has 21 heavy (non-hydrogen) atoms. The summed E-state index contributed by atoms with van der Waals surface area (Å²) in [6.45, 7) is 9.30. The third kappa shape index (κ3) is 5.66. The summed E-state index contributed by atoms with van der Waals surface area (Å²) >= 11 is 0. The molecule has 1 rings (SSSR count). The largest absolute Gasteiger partial charge is 0.444 e. The van der Waals surface area contributed by atoms with E-state index in [9.17, 15) is 13.2 Å². The Hall–Kier alpha value is -0.490. The van der Waals surface area contributed by atoms with Gasteiger partial charge in [0.2, 0.25) is 9.05 Å². The van der Waals surface area contributed by atoms with Gasteiger partial charge in [0.05, 0.1) is 5.75 Å². The van der Waals surface area contributed by atoms with Crippen LogP contribution < -0.4 is 5.32 Å². The van der Waals surface area contributed by atoms with Crippen molar-refractivity contribution in [2.24, 2.45) is 11.3 Å². The molecule has 1 aliphatic rings. The van der Waals surface area contributed by atoms with Gasteiger partial charge in [-0.25, -0.2) is 13.2 Å². The number of halogens is 1. The molecule has 0 aliphatic heterocycles. The van der Waals surface area contributed by atoms with Gasteiger partial charge < -0.3 is 10.1 Å². The summed E-state index contributed by atoms with van der Waals surface area (Å²) in [6.07, 6.45) is 1.93. The van der Waals surface area contributed by atoms with Gasteiger partial charge in [-0.15, -0.1) is 0 Å². The molecule has 5 nitrogen and oxygen atoms in total. The van der Waals surface area contributed by atoms with Gasteiger partial charge in [-0.2, -0.15) is 0 Å². The second-order valence-electron chi connectivity index (χ2n) is 7.27. The van der Waals surface area contributed by atoms with Crippen LogP contribution in [-0.2, 0) is 13.8 Å². The first-order valence-corrected chi connectivity index (χ1v) is 9.74. The minimum absolute atomic E-state index is 0.0937. The average Bonchev–Trinajstić information content (AvgIpc) is 2.16. The number of hydrogen-bond acceptors (Lipinski definition) is 4. The summed E-state index contributed by atoms with van der Waals surface area (Å²) in [5.41, 5.74) is -1.07. The Morgan fingerprint density at radius 1 is 1.33 bits per heavy atom. The number of hydrogen-bond donors (Lipinski definition) is 1. The number of carbonyl (C=O) groups excluding carboxylic acids is 1. The van der Waals surface area contributed by atoms with Crippen molar-refractivity contribution < 1.29 is 17.9 Å². The van der Waals surface area contributed by atoms with Crippen molar-refractivity contribution >= 4 is 25.8 Å². The van der Waals surface area contributed by atoms with Gasteiger partial charge in [-0.05, 0) is 39.5 Å². The average molecular weight is 340 g/mol. The highest BCUT2D eigenvalue weighted by Gasteiger charge is 2.48. The summed E-state index contributed by atoms with van der Waals surface area (Å²) in [6, 6.07) is -0.269. The van der Waals surface area contributed by atoms with E-state index >= 15 is 0 Å². The van der Waals surface area contributed by atoms with Gasteiger partial charge in [-0.1, -0.05) is 20.3 Å². The van der Waals surface area contributed by atoms with Crippen molar-refractivity contribution in [1.29, 1.82) is 0 Å².